The first-order chi connectivity index (χ1) is 12.0. The molecule has 0 aliphatic carbocycles. The van der Waals surface area contributed by atoms with Crippen molar-refractivity contribution in [3.8, 4) is 0 Å². The maximum absolute atomic E-state index is 12.9. The molecular formula is C19H21FN2O3. The molecule has 1 atom stereocenters. The second-order valence-electron chi connectivity index (χ2n) is 6.37. The number of nitrogens with one attached hydrogen (secondary N) is 1. The Kier molecular flexibility index (Phi) is 5.16. The molecule has 0 radical (unpaired) electrons. The monoisotopic (exact) mass is 344 g/mol. The van der Waals surface area contributed by atoms with E-state index in [1.54, 1.807) is 13.0 Å². The van der Waals surface area contributed by atoms with Gasteiger partial charge in [-0.25, -0.2) is 4.39 Å². The summed E-state index contributed by atoms with van der Waals surface area (Å²) < 4.78 is 18.1. The van der Waals surface area contributed by atoms with Crippen LogP contribution >= 0.6 is 0 Å². The van der Waals surface area contributed by atoms with Gasteiger partial charge in [-0.1, -0.05) is 0 Å². The van der Waals surface area contributed by atoms with Gasteiger partial charge in [-0.2, -0.15) is 0 Å². The Labute approximate surface area is 145 Å². The minimum Gasteiger partial charge on any atom is -0.469 e. The molecule has 1 aromatic heterocycles. The fourth-order valence-corrected chi connectivity index (χ4v) is 3.13. The van der Waals surface area contributed by atoms with Crippen LogP contribution in [-0.2, 0) is 0 Å². The van der Waals surface area contributed by atoms with Crippen LogP contribution < -0.4 is 5.32 Å². The van der Waals surface area contributed by atoms with E-state index in [0.717, 1.165) is 12.8 Å². The Hall–Kier alpha value is -2.63. The maximum atomic E-state index is 12.9. The zero-order valence-electron chi connectivity index (χ0n) is 14.1. The molecule has 132 valence electrons. The normalized spacial score (nSPS) is 17.4. The number of carbonyl (C=O) groups is 2. The van der Waals surface area contributed by atoms with Gasteiger partial charge in [0.25, 0.3) is 11.8 Å². The lowest BCUT2D eigenvalue weighted by atomic mass is 9.97. The van der Waals surface area contributed by atoms with Crippen molar-refractivity contribution >= 4 is 11.8 Å². The van der Waals surface area contributed by atoms with Gasteiger partial charge >= 0.3 is 0 Å². The number of likely N-dealkylation sites (tertiary alicyclic amines) is 1. The number of piperidine rings is 1. The lowest BCUT2D eigenvalue weighted by molar-refractivity contribution is 0.0669. The molecule has 3 rings (SSSR count). The van der Waals surface area contributed by atoms with E-state index in [2.05, 4.69) is 5.32 Å². The van der Waals surface area contributed by atoms with E-state index < -0.39 is 0 Å². The number of carbonyl (C=O) groups excluding carboxylic acids is 2. The summed E-state index contributed by atoms with van der Waals surface area (Å²) in [6.07, 6.45) is 3.38. The summed E-state index contributed by atoms with van der Waals surface area (Å²) >= 11 is 0. The molecule has 2 aromatic rings. The van der Waals surface area contributed by atoms with Crippen LogP contribution in [0.5, 0.6) is 0 Å². The molecule has 0 bridgehead atoms. The predicted octanol–water partition coefficient (Wildman–Crippen LogP) is 3.01. The van der Waals surface area contributed by atoms with Crippen molar-refractivity contribution in [2.75, 3.05) is 19.6 Å². The molecule has 0 saturated carbocycles. The molecule has 5 nitrogen and oxygen atoms in total. The topological polar surface area (TPSA) is 62.6 Å². The van der Waals surface area contributed by atoms with Gasteiger partial charge in [-0.05, 0) is 56.0 Å². The van der Waals surface area contributed by atoms with Crippen LogP contribution in [0.25, 0.3) is 0 Å². The van der Waals surface area contributed by atoms with Crippen molar-refractivity contribution in [3.63, 3.8) is 0 Å². The molecule has 1 saturated heterocycles. The Balaban J connectivity index is 1.55. The number of aryl methyl sites for hydroxylation is 1. The molecule has 1 aliphatic rings. The molecule has 25 heavy (non-hydrogen) atoms. The van der Waals surface area contributed by atoms with Gasteiger partial charge < -0.3 is 14.6 Å². The largest absolute Gasteiger partial charge is 0.469 e. The maximum Gasteiger partial charge on any atom is 0.257 e. The molecule has 2 heterocycles. The summed E-state index contributed by atoms with van der Waals surface area (Å²) in [5.41, 5.74) is 1.02. The van der Waals surface area contributed by atoms with Crippen LogP contribution in [-0.4, -0.2) is 36.3 Å². The van der Waals surface area contributed by atoms with Crippen LogP contribution in [0, 0.1) is 18.7 Å². The van der Waals surface area contributed by atoms with Crippen LogP contribution in [0.15, 0.2) is 41.0 Å². The first-order valence-corrected chi connectivity index (χ1v) is 8.41. The highest BCUT2D eigenvalue weighted by atomic mass is 19.1. The molecule has 1 unspecified atom stereocenters. The van der Waals surface area contributed by atoms with Crippen molar-refractivity contribution in [1.29, 1.82) is 0 Å². The summed E-state index contributed by atoms with van der Waals surface area (Å²) in [6.45, 7) is 3.58. The summed E-state index contributed by atoms with van der Waals surface area (Å²) in [5.74, 6) is 0.202. The number of nitrogens with zero attached hydrogens (tertiary/aromatic N) is 1. The molecule has 1 N–H and O–H groups in total. The third-order valence-electron chi connectivity index (χ3n) is 4.55. The van der Waals surface area contributed by atoms with Gasteiger partial charge in [-0.15, -0.1) is 0 Å². The Morgan fingerprint density at radius 1 is 1.28 bits per heavy atom. The van der Waals surface area contributed by atoms with Crippen LogP contribution in [0.4, 0.5) is 4.39 Å². The lowest BCUT2D eigenvalue weighted by Gasteiger charge is -2.32. The molecule has 2 amide bonds. The average Bonchev–Trinajstić information content (AvgIpc) is 3.06. The summed E-state index contributed by atoms with van der Waals surface area (Å²) in [6, 6.07) is 7.15. The quantitative estimate of drug-likeness (QED) is 0.927. The van der Waals surface area contributed by atoms with E-state index in [-0.39, 0.29) is 23.5 Å². The Bertz CT molecular complexity index is 754. The van der Waals surface area contributed by atoms with Gasteiger partial charge in [-0.3, -0.25) is 9.59 Å². The molecular weight excluding hydrogens is 323 g/mol. The highest BCUT2D eigenvalue weighted by molar-refractivity contribution is 5.95. The minimum absolute atomic E-state index is 0.0270. The number of hydrogen-bond acceptors (Lipinski definition) is 3. The van der Waals surface area contributed by atoms with E-state index >= 15 is 0 Å². The Morgan fingerprint density at radius 3 is 2.72 bits per heavy atom. The number of benzene rings is 1. The van der Waals surface area contributed by atoms with Gasteiger partial charge in [0.2, 0.25) is 0 Å². The third kappa shape index (κ3) is 4.07. The summed E-state index contributed by atoms with van der Waals surface area (Å²) in [4.78, 5) is 26.5. The van der Waals surface area contributed by atoms with Crippen LogP contribution in [0.3, 0.4) is 0 Å². The molecule has 1 fully saturated rings. The minimum atomic E-state index is -0.368. The van der Waals surface area contributed by atoms with E-state index in [4.69, 9.17) is 4.42 Å². The lowest BCUT2D eigenvalue weighted by Crippen LogP contribution is -2.43. The smallest absolute Gasteiger partial charge is 0.257 e. The Morgan fingerprint density at radius 2 is 2.04 bits per heavy atom. The highest BCUT2D eigenvalue weighted by Gasteiger charge is 2.26. The second kappa shape index (κ2) is 7.51. The van der Waals surface area contributed by atoms with Crippen LogP contribution in [0.2, 0.25) is 0 Å². The number of furan rings is 1. The van der Waals surface area contributed by atoms with Crippen molar-refractivity contribution < 1.29 is 18.4 Å². The van der Waals surface area contributed by atoms with E-state index in [9.17, 15) is 14.0 Å². The highest BCUT2D eigenvalue weighted by Crippen LogP contribution is 2.20. The molecule has 6 heteroatoms. The van der Waals surface area contributed by atoms with Gasteiger partial charge in [0, 0.05) is 25.2 Å². The number of hydrogen-bond donors (Lipinski definition) is 1. The van der Waals surface area contributed by atoms with Crippen molar-refractivity contribution in [1.82, 2.24) is 10.2 Å². The van der Waals surface area contributed by atoms with Gasteiger partial charge in [0.15, 0.2) is 0 Å². The molecule has 1 aliphatic heterocycles. The first-order valence-electron chi connectivity index (χ1n) is 8.41. The first kappa shape index (κ1) is 17.2. The SMILES string of the molecule is Cc1occc1C(=O)N1CCCC(CNC(=O)c2ccc(F)cc2)C1. The van der Waals surface area contributed by atoms with Crippen LogP contribution in [0.1, 0.15) is 39.3 Å². The number of rotatable bonds is 4. The van der Waals surface area contributed by atoms with Gasteiger partial charge in [0.1, 0.15) is 11.6 Å². The molecule has 0 spiro atoms. The fourth-order valence-electron chi connectivity index (χ4n) is 3.13. The van der Waals surface area contributed by atoms with Gasteiger partial charge in [0.05, 0.1) is 11.8 Å². The molecule has 1 aromatic carbocycles. The van der Waals surface area contributed by atoms with E-state index in [0.29, 0.717) is 36.5 Å². The zero-order chi connectivity index (χ0) is 17.8. The zero-order valence-corrected chi connectivity index (χ0v) is 14.1. The van der Waals surface area contributed by atoms with E-state index in [1.165, 1.54) is 30.5 Å². The predicted molar refractivity (Wildman–Crippen MR) is 90.8 cm³/mol. The second-order valence-corrected chi connectivity index (χ2v) is 6.37. The standard InChI is InChI=1S/C19H21FN2O3/c1-13-17(8-10-25-13)19(24)22-9-2-3-14(12-22)11-21-18(23)15-4-6-16(20)7-5-15/h4-8,10,14H,2-3,9,11-12H2,1H3,(H,21,23). The van der Waals surface area contributed by atoms with Crippen molar-refractivity contribution in [2.45, 2.75) is 19.8 Å². The van der Waals surface area contributed by atoms with E-state index in [1.807, 2.05) is 4.90 Å². The third-order valence-corrected chi connectivity index (χ3v) is 4.55. The van der Waals surface area contributed by atoms with Crippen molar-refractivity contribution in [3.05, 3.63) is 59.3 Å². The average molecular weight is 344 g/mol. The number of amides is 2. The summed E-state index contributed by atoms with van der Waals surface area (Å²) in [5, 5.41) is 2.88. The number of halogens is 1. The van der Waals surface area contributed by atoms with Crippen molar-refractivity contribution in [2.24, 2.45) is 5.92 Å². The summed E-state index contributed by atoms with van der Waals surface area (Å²) in [7, 11) is 0. The fraction of sp³-hybridized carbons (Fsp3) is 0.368.